The van der Waals surface area contributed by atoms with Crippen molar-refractivity contribution in [3.05, 3.63) is 0 Å². The van der Waals surface area contributed by atoms with Gasteiger partial charge < -0.3 is 4.74 Å². The van der Waals surface area contributed by atoms with E-state index in [0.29, 0.717) is 17.8 Å². The largest absolute Gasteiger partial charge is 0.381 e. The zero-order valence-electron chi connectivity index (χ0n) is 12.1. The minimum atomic E-state index is 0.0597. The maximum absolute atomic E-state index is 13.1. The van der Waals surface area contributed by atoms with Gasteiger partial charge in [0.2, 0.25) is 0 Å². The zero-order valence-corrected chi connectivity index (χ0v) is 12.1. The maximum atomic E-state index is 13.1. The molecule has 1 heterocycles. The third kappa shape index (κ3) is 1.90. The average molecular weight is 262 g/mol. The molecule has 4 aliphatic carbocycles. The highest BCUT2D eigenvalue weighted by Crippen LogP contribution is 2.65. The van der Waals surface area contributed by atoms with Crippen LogP contribution in [0, 0.1) is 28.6 Å². The van der Waals surface area contributed by atoms with Gasteiger partial charge in [-0.05, 0) is 68.6 Å². The first-order valence-corrected chi connectivity index (χ1v) is 8.21. The van der Waals surface area contributed by atoms with Crippen molar-refractivity contribution in [3.63, 3.8) is 0 Å². The normalized spacial score (nSPS) is 52.4. The van der Waals surface area contributed by atoms with Crippen molar-refractivity contribution in [3.8, 4) is 0 Å². The van der Waals surface area contributed by atoms with E-state index < -0.39 is 0 Å². The van der Waals surface area contributed by atoms with Crippen molar-refractivity contribution in [1.82, 2.24) is 0 Å². The van der Waals surface area contributed by atoms with Crippen LogP contribution in [-0.4, -0.2) is 19.0 Å². The summed E-state index contributed by atoms with van der Waals surface area (Å²) in [6, 6.07) is 0. The number of hydrogen-bond acceptors (Lipinski definition) is 2. The van der Waals surface area contributed by atoms with Crippen LogP contribution in [0.4, 0.5) is 0 Å². The van der Waals surface area contributed by atoms with Gasteiger partial charge in [0, 0.05) is 17.9 Å². The van der Waals surface area contributed by atoms with E-state index in [-0.39, 0.29) is 11.3 Å². The van der Waals surface area contributed by atoms with Gasteiger partial charge in [-0.15, -0.1) is 0 Å². The summed E-state index contributed by atoms with van der Waals surface area (Å²) in [7, 11) is 0. The molecule has 5 aliphatic rings. The molecule has 19 heavy (non-hydrogen) atoms. The van der Waals surface area contributed by atoms with E-state index in [1.54, 1.807) is 0 Å². The highest BCUT2D eigenvalue weighted by molar-refractivity contribution is 5.87. The maximum Gasteiger partial charge on any atom is 0.144 e. The van der Waals surface area contributed by atoms with E-state index >= 15 is 0 Å². The van der Waals surface area contributed by atoms with Gasteiger partial charge in [0.1, 0.15) is 5.78 Å². The van der Waals surface area contributed by atoms with Gasteiger partial charge in [0.05, 0.1) is 6.61 Å². The van der Waals surface area contributed by atoms with Crippen LogP contribution < -0.4 is 0 Å². The third-order valence-electron chi connectivity index (χ3n) is 6.41. The summed E-state index contributed by atoms with van der Waals surface area (Å²) in [5, 5.41) is 0. The van der Waals surface area contributed by atoms with Gasteiger partial charge in [-0.2, -0.15) is 0 Å². The number of ether oxygens (including phenoxy) is 1. The molecule has 3 unspecified atom stereocenters. The fraction of sp³-hybridized carbons (Fsp3) is 0.941. The van der Waals surface area contributed by atoms with E-state index in [1.807, 2.05) is 0 Å². The van der Waals surface area contributed by atoms with E-state index in [0.717, 1.165) is 31.3 Å². The first-order chi connectivity index (χ1) is 9.09. The number of carbonyl (C=O) groups excluding carboxylic acids is 1. The fourth-order valence-corrected chi connectivity index (χ4v) is 6.39. The third-order valence-corrected chi connectivity index (χ3v) is 6.41. The Morgan fingerprint density at radius 1 is 1.16 bits per heavy atom. The lowest BCUT2D eigenvalue weighted by molar-refractivity contribution is -0.160. The van der Waals surface area contributed by atoms with Crippen molar-refractivity contribution in [2.45, 2.75) is 58.3 Å². The quantitative estimate of drug-likeness (QED) is 0.760. The van der Waals surface area contributed by atoms with E-state index in [4.69, 9.17) is 4.74 Å². The number of rotatable bonds is 2. The van der Waals surface area contributed by atoms with Crippen molar-refractivity contribution in [1.29, 1.82) is 0 Å². The molecule has 2 heteroatoms. The molecule has 0 aromatic rings. The molecule has 106 valence electrons. The van der Waals surface area contributed by atoms with Crippen LogP contribution in [0.1, 0.15) is 58.3 Å². The molecule has 4 saturated carbocycles. The standard InChI is InChI=1S/C17H26O2/c1-16-6-12-5-13(7-16)9-17(8-12,11-16)15(18)14-3-2-4-19-10-14/h12-14H,2-11H2,1H3. The van der Waals surface area contributed by atoms with E-state index in [9.17, 15) is 4.79 Å². The number of ketones is 1. The predicted molar refractivity (Wildman–Crippen MR) is 73.8 cm³/mol. The Balaban J connectivity index is 1.60. The Kier molecular flexibility index (Phi) is 2.65. The molecule has 5 fully saturated rings. The van der Waals surface area contributed by atoms with Gasteiger partial charge in [-0.3, -0.25) is 4.79 Å². The van der Waals surface area contributed by atoms with Crippen molar-refractivity contribution < 1.29 is 9.53 Å². The molecule has 1 saturated heterocycles. The lowest BCUT2D eigenvalue weighted by atomic mass is 9.43. The molecule has 0 aromatic heterocycles. The molecule has 1 aliphatic heterocycles. The van der Waals surface area contributed by atoms with Crippen molar-refractivity contribution in [2.75, 3.05) is 13.2 Å². The minimum absolute atomic E-state index is 0.0597. The van der Waals surface area contributed by atoms with Gasteiger partial charge in [0.25, 0.3) is 0 Å². The predicted octanol–water partition coefficient (Wildman–Crippen LogP) is 3.59. The summed E-state index contributed by atoms with van der Waals surface area (Å²) >= 11 is 0. The highest BCUT2D eigenvalue weighted by Gasteiger charge is 2.59. The van der Waals surface area contributed by atoms with Crippen LogP contribution in [0.2, 0.25) is 0 Å². The molecule has 0 amide bonds. The second-order valence-electron chi connectivity index (χ2n) is 8.33. The van der Waals surface area contributed by atoms with Gasteiger partial charge in [-0.1, -0.05) is 6.92 Å². The zero-order chi connectivity index (χ0) is 13.1. The van der Waals surface area contributed by atoms with Crippen LogP contribution in [0.3, 0.4) is 0 Å². The molecule has 0 spiro atoms. The molecule has 5 rings (SSSR count). The smallest absolute Gasteiger partial charge is 0.144 e. The Labute approximate surface area is 116 Å². The summed E-state index contributed by atoms with van der Waals surface area (Å²) in [6.07, 6.45) is 9.93. The van der Waals surface area contributed by atoms with Crippen LogP contribution in [0.15, 0.2) is 0 Å². The monoisotopic (exact) mass is 262 g/mol. The molecule has 4 bridgehead atoms. The lowest BCUT2D eigenvalue weighted by Gasteiger charge is -2.61. The van der Waals surface area contributed by atoms with Crippen LogP contribution in [0.5, 0.6) is 0 Å². The molecular formula is C17H26O2. The Morgan fingerprint density at radius 2 is 1.89 bits per heavy atom. The molecule has 3 atom stereocenters. The van der Waals surface area contributed by atoms with Crippen LogP contribution in [0.25, 0.3) is 0 Å². The van der Waals surface area contributed by atoms with Gasteiger partial charge >= 0.3 is 0 Å². The molecule has 0 N–H and O–H groups in total. The molecular weight excluding hydrogens is 236 g/mol. The first-order valence-electron chi connectivity index (χ1n) is 8.21. The first kappa shape index (κ1) is 12.4. The van der Waals surface area contributed by atoms with Crippen LogP contribution >= 0.6 is 0 Å². The summed E-state index contributed by atoms with van der Waals surface area (Å²) < 4.78 is 5.57. The van der Waals surface area contributed by atoms with Gasteiger partial charge in [-0.25, -0.2) is 0 Å². The Bertz CT molecular complexity index is 380. The minimum Gasteiger partial charge on any atom is -0.381 e. The Hall–Kier alpha value is -0.370. The molecule has 2 nitrogen and oxygen atoms in total. The van der Waals surface area contributed by atoms with E-state index in [1.165, 1.54) is 38.5 Å². The fourth-order valence-electron chi connectivity index (χ4n) is 6.39. The second kappa shape index (κ2) is 4.07. The summed E-state index contributed by atoms with van der Waals surface area (Å²) in [5.41, 5.74) is 0.541. The van der Waals surface area contributed by atoms with E-state index in [2.05, 4.69) is 6.92 Å². The SMILES string of the molecule is CC12CC3CC(C1)CC(C(=O)C1CCCOC1)(C3)C2. The van der Waals surface area contributed by atoms with Crippen molar-refractivity contribution in [2.24, 2.45) is 28.6 Å². The number of hydrogen-bond donors (Lipinski definition) is 0. The summed E-state index contributed by atoms with van der Waals surface area (Å²) in [5.74, 6) is 2.50. The topological polar surface area (TPSA) is 26.3 Å². The Morgan fingerprint density at radius 3 is 2.47 bits per heavy atom. The highest BCUT2D eigenvalue weighted by atomic mass is 16.5. The molecule has 0 radical (unpaired) electrons. The lowest BCUT2D eigenvalue weighted by Crippen LogP contribution is -2.55. The summed E-state index contributed by atoms with van der Waals surface area (Å²) in [6.45, 7) is 4.01. The summed E-state index contributed by atoms with van der Waals surface area (Å²) in [4.78, 5) is 13.1. The molecule has 0 aromatic carbocycles. The van der Waals surface area contributed by atoms with Gasteiger partial charge in [0.15, 0.2) is 0 Å². The number of Topliss-reactive ketones (excluding diaryl/α,β-unsaturated/α-hetero) is 1. The second-order valence-corrected chi connectivity index (χ2v) is 8.33. The van der Waals surface area contributed by atoms with Crippen LogP contribution in [-0.2, 0) is 9.53 Å². The average Bonchev–Trinajstić information content (AvgIpc) is 2.36. The van der Waals surface area contributed by atoms with Crippen molar-refractivity contribution >= 4 is 5.78 Å². The number of carbonyl (C=O) groups is 1.